The number of rotatable bonds is 3. The zero-order valence-electron chi connectivity index (χ0n) is 7.86. The van der Waals surface area contributed by atoms with Gasteiger partial charge in [0.2, 0.25) is 0 Å². The van der Waals surface area contributed by atoms with E-state index in [9.17, 15) is 4.79 Å². The number of carbonyl (C=O) groups excluding carboxylic acids is 1. The van der Waals surface area contributed by atoms with Gasteiger partial charge in [0, 0.05) is 5.75 Å². The summed E-state index contributed by atoms with van der Waals surface area (Å²) in [6.07, 6.45) is 5.08. The fourth-order valence-corrected chi connectivity index (χ4v) is 3.31. The lowest BCUT2D eigenvalue weighted by Crippen LogP contribution is -2.19. The van der Waals surface area contributed by atoms with Gasteiger partial charge in [0.15, 0.2) is 0 Å². The highest BCUT2D eigenvalue weighted by Gasteiger charge is 2.29. The number of esters is 1. The quantitative estimate of drug-likeness (QED) is 0.541. The maximum atomic E-state index is 11.3. The smallest absolute Gasteiger partial charge is 0.320 e. The molecule has 1 heterocycles. The van der Waals surface area contributed by atoms with Gasteiger partial charge in [-0.25, -0.2) is 0 Å². The summed E-state index contributed by atoms with van der Waals surface area (Å²) in [6, 6.07) is 0. The molecule has 76 valence electrons. The maximum Gasteiger partial charge on any atom is 0.320 e. The summed E-state index contributed by atoms with van der Waals surface area (Å²) in [7, 11) is 0. The molecule has 0 bridgehead atoms. The molecule has 0 radical (unpaired) electrons. The van der Waals surface area contributed by atoms with Crippen molar-refractivity contribution in [3.63, 3.8) is 0 Å². The van der Waals surface area contributed by atoms with Crippen molar-refractivity contribution in [3.8, 4) is 12.3 Å². The van der Waals surface area contributed by atoms with E-state index < -0.39 is 0 Å². The van der Waals surface area contributed by atoms with E-state index in [1.807, 2.05) is 0 Å². The van der Waals surface area contributed by atoms with Crippen LogP contribution in [-0.2, 0) is 9.53 Å². The van der Waals surface area contributed by atoms with Crippen LogP contribution < -0.4 is 0 Å². The van der Waals surface area contributed by atoms with Gasteiger partial charge in [0.1, 0.15) is 16.2 Å². The zero-order valence-corrected chi connectivity index (χ0v) is 9.49. The molecule has 1 atom stereocenters. The number of ether oxygens (including phenoxy) is 1. The van der Waals surface area contributed by atoms with Gasteiger partial charge in [-0.2, -0.15) is 0 Å². The van der Waals surface area contributed by atoms with Crippen molar-refractivity contribution in [1.29, 1.82) is 0 Å². The van der Waals surface area contributed by atoms with Crippen LogP contribution in [-0.4, -0.2) is 34.5 Å². The molecule has 0 aromatic heterocycles. The highest BCUT2D eigenvalue weighted by molar-refractivity contribution is 8.42. The van der Waals surface area contributed by atoms with Crippen LogP contribution in [0, 0.1) is 12.3 Å². The molecule has 0 aromatic rings. The van der Waals surface area contributed by atoms with E-state index in [2.05, 4.69) is 10.9 Å². The lowest BCUT2D eigenvalue weighted by atomic mass is 10.5. The van der Waals surface area contributed by atoms with Crippen LogP contribution in [0.2, 0.25) is 0 Å². The second kappa shape index (κ2) is 5.99. The number of terminal acetylenes is 1. The van der Waals surface area contributed by atoms with Crippen LogP contribution >= 0.6 is 23.5 Å². The number of carbonyl (C=O) groups is 1. The minimum atomic E-state index is -0.157. The van der Waals surface area contributed by atoms with Crippen molar-refractivity contribution < 1.29 is 9.53 Å². The number of hydrogen-bond donors (Lipinski definition) is 0. The first-order valence-electron chi connectivity index (χ1n) is 4.22. The maximum absolute atomic E-state index is 11.3. The molecule has 1 aliphatic heterocycles. The van der Waals surface area contributed by atoms with Crippen LogP contribution in [0.25, 0.3) is 0 Å². The Balaban J connectivity index is 2.41. The first-order valence-corrected chi connectivity index (χ1v) is 6.08. The molecule has 0 amide bonds. The van der Waals surface area contributed by atoms with Gasteiger partial charge in [0.05, 0.1) is 6.61 Å². The highest BCUT2D eigenvalue weighted by Crippen LogP contribution is 2.33. The van der Waals surface area contributed by atoms with E-state index in [4.69, 9.17) is 11.2 Å². The minimum Gasteiger partial charge on any atom is -0.465 e. The summed E-state index contributed by atoms with van der Waals surface area (Å²) in [5.41, 5.74) is 0. The van der Waals surface area contributed by atoms with Crippen molar-refractivity contribution in [2.24, 2.45) is 4.99 Å². The predicted molar refractivity (Wildman–Crippen MR) is 61.6 cm³/mol. The van der Waals surface area contributed by atoms with Crippen molar-refractivity contribution >= 4 is 33.9 Å². The second-order valence-corrected chi connectivity index (χ2v) is 4.91. The zero-order chi connectivity index (χ0) is 10.4. The Morgan fingerprint density at radius 1 is 1.86 bits per heavy atom. The third kappa shape index (κ3) is 3.28. The highest BCUT2D eigenvalue weighted by atomic mass is 32.2. The molecule has 0 unspecified atom stereocenters. The first kappa shape index (κ1) is 11.5. The molecule has 0 aliphatic carbocycles. The molecule has 14 heavy (non-hydrogen) atoms. The predicted octanol–water partition coefficient (Wildman–Crippen LogP) is 1.39. The molecule has 0 saturated carbocycles. The number of nitrogens with zero attached hydrogens (tertiary/aromatic N) is 1. The Kier molecular flexibility index (Phi) is 4.91. The van der Waals surface area contributed by atoms with Gasteiger partial charge in [-0.1, -0.05) is 29.4 Å². The fraction of sp³-hybridized carbons (Fsp3) is 0.556. The van der Waals surface area contributed by atoms with Gasteiger partial charge in [-0.3, -0.25) is 9.79 Å². The van der Waals surface area contributed by atoms with Crippen LogP contribution in [0.1, 0.15) is 6.92 Å². The molecule has 0 spiro atoms. The van der Waals surface area contributed by atoms with Crippen LogP contribution in [0.4, 0.5) is 0 Å². The number of aliphatic imine (C=N–C) groups is 1. The summed E-state index contributed by atoms with van der Waals surface area (Å²) in [4.78, 5) is 15.4. The Bertz CT molecular complexity index is 283. The third-order valence-electron chi connectivity index (χ3n) is 1.45. The molecular formula is C9H11NO2S2. The minimum absolute atomic E-state index is 0.114. The van der Waals surface area contributed by atoms with Gasteiger partial charge in [-0.15, -0.1) is 6.42 Å². The van der Waals surface area contributed by atoms with E-state index in [-0.39, 0.29) is 11.2 Å². The molecule has 0 aromatic carbocycles. The van der Waals surface area contributed by atoms with Gasteiger partial charge < -0.3 is 4.74 Å². The molecular weight excluding hydrogens is 218 g/mol. The van der Waals surface area contributed by atoms with Crippen LogP contribution in [0.3, 0.4) is 0 Å². The SMILES string of the molecule is C#CCN=C1SC[C@H](C(=O)OCC)S1. The molecule has 0 N–H and O–H groups in total. The molecule has 1 fully saturated rings. The molecule has 1 rings (SSSR count). The lowest BCUT2D eigenvalue weighted by molar-refractivity contribution is -0.141. The summed E-state index contributed by atoms with van der Waals surface area (Å²) >= 11 is 3.00. The van der Waals surface area contributed by atoms with Gasteiger partial charge >= 0.3 is 5.97 Å². The van der Waals surface area contributed by atoms with Crippen LogP contribution in [0.5, 0.6) is 0 Å². The van der Waals surface area contributed by atoms with E-state index in [1.165, 1.54) is 11.8 Å². The van der Waals surface area contributed by atoms with E-state index in [1.54, 1.807) is 18.7 Å². The summed E-state index contributed by atoms with van der Waals surface area (Å²) < 4.78 is 5.80. The largest absolute Gasteiger partial charge is 0.465 e. The average Bonchev–Trinajstić information content (AvgIpc) is 2.63. The molecule has 1 saturated heterocycles. The number of thioether (sulfide) groups is 2. The fourth-order valence-electron chi connectivity index (χ4n) is 0.881. The van der Waals surface area contributed by atoms with Crippen molar-refractivity contribution in [2.45, 2.75) is 12.2 Å². The molecule has 3 nitrogen and oxygen atoms in total. The standard InChI is InChI=1S/C9H11NO2S2/c1-3-5-10-9-13-6-7(14-9)8(11)12-4-2/h1,7H,4-6H2,2H3/t7-/m1/s1. The Morgan fingerprint density at radius 3 is 3.29 bits per heavy atom. The summed E-state index contributed by atoms with van der Waals surface area (Å²) in [6.45, 7) is 2.61. The van der Waals surface area contributed by atoms with Crippen LogP contribution in [0.15, 0.2) is 4.99 Å². The molecule has 1 aliphatic rings. The molecule has 5 heteroatoms. The topological polar surface area (TPSA) is 38.7 Å². The Labute approximate surface area is 92.1 Å². The van der Waals surface area contributed by atoms with E-state index in [0.717, 1.165) is 10.1 Å². The first-order chi connectivity index (χ1) is 6.77. The number of hydrogen-bond acceptors (Lipinski definition) is 5. The average molecular weight is 229 g/mol. The summed E-state index contributed by atoms with van der Waals surface area (Å²) in [5, 5.41) is -0.114. The monoisotopic (exact) mass is 229 g/mol. The normalized spacial score (nSPS) is 23.4. The van der Waals surface area contributed by atoms with Crippen molar-refractivity contribution in [2.75, 3.05) is 18.9 Å². The van der Waals surface area contributed by atoms with Gasteiger partial charge in [0.25, 0.3) is 0 Å². The van der Waals surface area contributed by atoms with E-state index in [0.29, 0.717) is 13.2 Å². The van der Waals surface area contributed by atoms with Crippen molar-refractivity contribution in [1.82, 2.24) is 0 Å². The Morgan fingerprint density at radius 2 is 2.64 bits per heavy atom. The van der Waals surface area contributed by atoms with Gasteiger partial charge in [-0.05, 0) is 6.92 Å². The third-order valence-corrected chi connectivity index (χ3v) is 4.15. The summed E-state index contributed by atoms with van der Waals surface area (Å²) in [5.74, 6) is 3.01. The van der Waals surface area contributed by atoms with E-state index >= 15 is 0 Å². The Hall–Kier alpha value is -0.600. The lowest BCUT2D eigenvalue weighted by Gasteiger charge is -2.04. The van der Waals surface area contributed by atoms with Crippen molar-refractivity contribution in [3.05, 3.63) is 0 Å². The second-order valence-electron chi connectivity index (χ2n) is 2.46.